The predicted octanol–water partition coefficient (Wildman–Crippen LogP) is 4.35. The lowest BCUT2D eigenvalue weighted by atomic mass is 9.96. The van der Waals surface area contributed by atoms with Gasteiger partial charge in [0.25, 0.3) is 0 Å². The molecule has 3 aliphatic rings. The Hall–Kier alpha value is -2.00. The van der Waals surface area contributed by atoms with Gasteiger partial charge in [-0.05, 0) is 30.5 Å². The molecular weight excluding hydrogens is 442 g/mol. The Kier molecular flexibility index (Phi) is 4.79. The first-order valence-electron chi connectivity index (χ1n) is 10.5. The maximum absolute atomic E-state index is 14.9. The molecule has 2 aromatic heterocycles. The number of benzene rings is 1. The molecule has 0 amide bonds. The standard InChI is InChI=1S/C21H21Cl2FN6O/c22-16-3-11-5-25-21(28-19-6-26-30(20(19)23)12-1-2-12)27-18(11)4-14(16)15-7-29(8-17(15)24)13-9-31-10-13/h3-6,12-13,15,17H,1-2,7-10H2,(H,25,27,28)/t15-,17+/m0/s1. The number of ether oxygens (including phenoxy) is 1. The maximum Gasteiger partial charge on any atom is 0.227 e. The van der Waals surface area contributed by atoms with Gasteiger partial charge in [-0.15, -0.1) is 0 Å². The third kappa shape index (κ3) is 3.55. The van der Waals surface area contributed by atoms with E-state index in [4.69, 9.17) is 27.9 Å². The molecule has 2 saturated heterocycles. The van der Waals surface area contributed by atoms with Crippen molar-refractivity contribution in [3.05, 3.63) is 40.3 Å². The number of hydrogen-bond acceptors (Lipinski definition) is 6. The van der Waals surface area contributed by atoms with E-state index in [1.165, 1.54) is 0 Å². The van der Waals surface area contributed by atoms with Gasteiger partial charge < -0.3 is 10.1 Å². The Morgan fingerprint density at radius 1 is 1.10 bits per heavy atom. The van der Waals surface area contributed by atoms with Gasteiger partial charge in [-0.25, -0.2) is 19.0 Å². The molecule has 2 aliphatic heterocycles. The molecule has 10 heteroatoms. The molecule has 0 unspecified atom stereocenters. The highest BCUT2D eigenvalue weighted by molar-refractivity contribution is 6.32. The number of hydrogen-bond donors (Lipinski definition) is 1. The van der Waals surface area contributed by atoms with Crippen molar-refractivity contribution in [2.45, 2.75) is 37.0 Å². The number of fused-ring (bicyclic) bond motifs is 1. The largest absolute Gasteiger partial charge is 0.378 e. The minimum Gasteiger partial charge on any atom is -0.378 e. The van der Waals surface area contributed by atoms with E-state index in [1.54, 1.807) is 12.4 Å². The van der Waals surface area contributed by atoms with Crippen molar-refractivity contribution in [2.75, 3.05) is 31.6 Å². The van der Waals surface area contributed by atoms with E-state index in [1.807, 2.05) is 16.8 Å². The highest BCUT2D eigenvalue weighted by Crippen LogP contribution is 2.40. The van der Waals surface area contributed by atoms with Crippen molar-refractivity contribution in [3.8, 4) is 0 Å². The van der Waals surface area contributed by atoms with Crippen LogP contribution in [0, 0.1) is 0 Å². The summed E-state index contributed by atoms with van der Waals surface area (Å²) in [4.78, 5) is 11.2. The molecule has 0 bridgehead atoms. The Morgan fingerprint density at radius 3 is 2.68 bits per heavy atom. The monoisotopic (exact) mass is 462 g/mol. The summed E-state index contributed by atoms with van der Waals surface area (Å²) >= 11 is 13.0. The molecule has 4 heterocycles. The number of rotatable bonds is 5. The lowest BCUT2D eigenvalue weighted by Crippen LogP contribution is -2.48. The smallest absolute Gasteiger partial charge is 0.227 e. The molecule has 0 radical (unpaired) electrons. The third-order valence-corrected chi connectivity index (χ3v) is 7.09. The van der Waals surface area contributed by atoms with Crippen molar-refractivity contribution in [2.24, 2.45) is 0 Å². The summed E-state index contributed by atoms with van der Waals surface area (Å²) in [5, 5.41) is 9.40. The van der Waals surface area contributed by atoms with E-state index in [-0.39, 0.29) is 5.92 Å². The Labute approximate surface area is 188 Å². The summed E-state index contributed by atoms with van der Waals surface area (Å²) in [6, 6.07) is 4.39. The van der Waals surface area contributed by atoms with E-state index < -0.39 is 6.17 Å². The molecule has 3 fully saturated rings. The summed E-state index contributed by atoms with van der Waals surface area (Å²) in [7, 11) is 0. The van der Waals surface area contributed by atoms with Crippen molar-refractivity contribution >= 4 is 45.7 Å². The number of nitrogens with zero attached hydrogens (tertiary/aromatic N) is 5. The summed E-state index contributed by atoms with van der Waals surface area (Å²) in [6.45, 7) is 2.39. The minimum atomic E-state index is -0.970. The molecule has 3 aromatic rings. The van der Waals surface area contributed by atoms with Crippen molar-refractivity contribution in [1.82, 2.24) is 24.6 Å². The molecule has 1 aliphatic carbocycles. The van der Waals surface area contributed by atoms with Gasteiger partial charge in [0.2, 0.25) is 5.95 Å². The minimum absolute atomic E-state index is 0.282. The van der Waals surface area contributed by atoms with Crippen LogP contribution >= 0.6 is 23.2 Å². The van der Waals surface area contributed by atoms with Crippen LogP contribution in [0.3, 0.4) is 0 Å². The highest BCUT2D eigenvalue weighted by Gasteiger charge is 2.40. The van der Waals surface area contributed by atoms with E-state index in [0.717, 1.165) is 23.8 Å². The van der Waals surface area contributed by atoms with E-state index >= 15 is 0 Å². The van der Waals surface area contributed by atoms with Crippen LogP contribution in [0.1, 0.15) is 30.4 Å². The van der Waals surface area contributed by atoms with Gasteiger partial charge in [0.15, 0.2) is 5.15 Å². The molecular formula is C21H21Cl2FN6O. The number of nitrogens with one attached hydrogen (secondary N) is 1. The molecule has 1 aromatic carbocycles. The molecule has 1 saturated carbocycles. The van der Waals surface area contributed by atoms with Crippen LogP contribution in [0.2, 0.25) is 10.2 Å². The summed E-state index contributed by atoms with van der Waals surface area (Å²) in [5.74, 6) is 0.129. The summed E-state index contributed by atoms with van der Waals surface area (Å²) in [5.41, 5.74) is 2.16. The molecule has 2 atom stereocenters. The molecule has 162 valence electrons. The SMILES string of the molecule is F[C@@H]1CN(C2COC2)C[C@H]1c1cc2nc(Nc3cnn(C4CC4)c3Cl)ncc2cc1Cl. The Balaban J connectivity index is 1.28. The molecule has 0 spiro atoms. The highest BCUT2D eigenvalue weighted by atomic mass is 35.5. The number of halogens is 3. The van der Waals surface area contributed by atoms with Crippen LogP contribution in [0.15, 0.2) is 24.5 Å². The van der Waals surface area contributed by atoms with Crippen LogP contribution in [0.4, 0.5) is 16.0 Å². The number of aromatic nitrogens is 4. The fraction of sp³-hybridized carbons (Fsp3) is 0.476. The quantitative estimate of drug-likeness (QED) is 0.607. The van der Waals surface area contributed by atoms with Crippen molar-refractivity contribution in [1.29, 1.82) is 0 Å². The Morgan fingerprint density at radius 2 is 1.94 bits per heavy atom. The summed E-state index contributed by atoms with van der Waals surface area (Å²) < 4.78 is 22.0. The topological polar surface area (TPSA) is 68.1 Å². The zero-order valence-corrected chi connectivity index (χ0v) is 18.2. The second kappa shape index (κ2) is 7.55. The lowest BCUT2D eigenvalue weighted by molar-refractivity contribution is -0.0586. The average Bonchev–Trinajstić information content (AvgIpc) is 3.39. The van der Waals surface area contributed by atoms with E-state index in [0.29, 0.717) is 65.7 Å². The first kappa shape index (κ1) is 19.7. The van der Waals surface area contributed by atoms with Crippen LogP contribution in [-0.4, -0.2) is 63.2 Å². The first-order valence-corrected chi connectivity index (χ1v) is 11.2. The van der Waals surface area contributed by atoms with Gasteiger partial charge in [-0.1, -0.05) is 23.2 Å². The van der Waals surface area contributed by atoms with Gasteiger partial charge in [-0.3, -0.25) is 4.90 Å². The second-order valence-corrected chi connectivity index (χ2v) is 9.31. The molecule has 31 heavy (non-hydrogen) atoms. The normalized spacial score (nSPS) is 24.6. The van der Waals surface area contributed by atoms with Gasteiger partial charge in [0.05, 0.1) is 42.7 Å². The number of alkyl halides is 1. The fourth-order valence-electron chi connectivity index (χ4n) is 4.36. The zero-order valence-electron chi connectivity index (χ0n) is 16.6. The van der Waals surface area contributed by atoms with Crippen LogP contribution in [0.25, 0.3) is 10.9 Å². The average molecular weight is 463 g/mol. The van der Waals surface area contributed by atoms with Crippen molar-refractivity contribution < 1.29 is 9.13 Å². The van der Waals surface area contributed by atoms with Crippen LogP contribution in [0.5, 0.6) is 0 Å². The summed E-state index contributed by atoms with van der Waals surface area (Å²) in [6.07, 6.45) is 4.62. The number of anilines is 2. The maximum atomic E-state index is 14.9. The predicted molar refractivity (Wildman–Crippen MR) is 117 cm³/mol. The van der Waals surface area contributed by atoms with Crippen LogP contribution < -0.4 is 5.32 Å². The molecule has 1 N–H and O–H groups in total. The lowest BCUT2D eigenvalue weighted by Gasteiger charge is -2.34. The van der Waals surface area contributed by atoms with Gasteiger partial charge in [-0.2, -0.15) is 5.10 Å². The number of likely N-dealkylation sites (tertiary alicyclic amines) is 1. The molecule has 7 nitrogen and oxygen atoms in total. The van der Waals surface area contributed by atoms with Crippen LogP contribution in [-0.2, 0) is 4.74 Å². The van der Waals surface area contributed by atoms with Gasteiger partial charge in [0, 0.05) is 35.6 Å². The van der Waals surface area contributed by atoms with Gasteiger partial charge >= 0.3 is 0 Å². The van der Waals surface area contributed by atoms with Crippen molar-refractivity contribution in [3.63, 3.8) is 0 Å². The third-order valence-electron chi connectivity index (χ3n) is 6.39. The Bertz CT molecular complexity index is 1150. The van der Waals surface area contributed by atoms with E-state index in [9.17, 15) is 4.39 Å². The first-order chi connectivity index (χ1) is 15.1. The molecule has 6 rings (SSSR count). The van der Waals surface area contributed by atoms with E-state index in [2.05, 4.69) is 25.3 Å². The van der Waals surface area contributed by atoms with Gasteiger partial charge in [0.1, 0.15) is 6.17 Å². The second-order valence-electron chi connectivity index (χ2n) is 8.54. The zero-order chi connectivity index (χ0) is 21.1. The fourth-order valence-corrected chi connectivity index (χ4v) is 4.95.